The Kier molecular flexibility index (Phi) is 6.37. The van der Waals surface area contributed by atoms with Crippen LogP contribution in [-0.2, 0) is 4.79 Å². The molecule has 0 N–H and O–H groups in total. The molecule has 0 aromatic heterocycles. The second-order valence-corrected chi connectivity index (χ2v) is 5.38. The summed E-state index contributed by atoms with van der Waals surface area (Å²) in [6.07, 6.45) is 0.246. The summed E-state index contributed by atoms with van der Waals surface area (Å²) in [5, 5.41) is 10.8. The zero-order chi connectivity index (χ0) is 19.1. The van der Waals surface area contributed by atoms with Gasteiger partial charge in [-0.2, -0.15) is 0 Å². The van der Waals surface area contributed by atoms with Crippen LogP contribution in [0.2, 0.25) is 0 Å². The van der Waals surface area contributed by atoms with Gasteiger partial charge in [0.25, 0.3) is 0 Å². The lowest BCUT2D eigenvalue weighted by Crippen LogP contribution is -2.11. The van der Waals surface area contributed by atoms with E-state index in [0.29, 0.717) is 17.7 Å². The van der Waals surface area contributed by atoms with Gasteiger partial charge in [0, 0.05) is 24.1 Å². The van der Waals surface area contributed by atoms with E-state index >= 15 is 0 Å². The van der Waals surface area contributed by atoms with Gasteiger partial charge in [0.05, 0.1) is 11.5 Å². The number of nitro benzene ring substituents is 1. The van der Waals surface area contributed by atoms with Crippen molar-refractivity contribution in [2.75, 3.05) is 6.61 Å². The van der Waals surface area contributed by atoms with Crippen LogP contribution >= 0.6 is 0 Å². The van der Waals surface area contributed by atoms with E-state index in [1.165, 1.54) is 6.92 Å². The predicted octanol–water partition coefficient (Wildman–Crippen LogP) is 3.70. The minimum atomic E-state index is -0.754. The molecule has 136 valence electrons. The van der Waals surface area contributed by atoms with Crippen LogP contribution in [0, 0.1) is 15.9 Å². The number of rotatable bonds is 8. The average Bonchev–Trinajstić information content (AvgIpc) is 2.59. The van der Waals surface area contributed by atoms with Crippen LogP contribution in [0.15, 0.2) is 42.5 Å². The Morgan fingerprint density at radius 2 is 1.85 bits per heavy atom. The Labute approximate surface area is 148 Å². The van der Waals surface area contributed by atoms with Crippen LogP contribution < -0.4 is 9.47 Å². The summed E-state index contributed by atoms with van der Waals surface area (Å²) >= 11 is 0. The van der Waals surface area contributed by atoms with Gasteiger partial charge in [0.1, 0.15) is 11.6 Å². The number of halogens is 1. The number of Topliss-reactive ketones (excluding diaryl/α,β-unsaturated/α-hetero) is 1. The zero-order valence-corrected chi connectivity index (χ0v) is 13.9. The van der Waals surface area contributed by atoms with Crippen molar-refractivity contribution < 1.29 is 28.4 Å². The molecule has 7 nitrogen and oxygen atoms in total. The number of nitrogens with zero attached hydrogens (tertiary/aromatic N) is 1. The SMILES string of the molecule is CC(=O)c1ccc(OCCCC(=O)Oc2cc(F)ccc2[N+](=O)[O-])cc1. The Bertz CT molecular complexity index is 819. The van der Waals surface area contributed by atoms with E-state index in [9.17, 15) is 24.1 Å². The van der Waals surface area contributed by atoms with E-state index in [4.69, 9.17) is 9.47 Å². The molecule has 0 aliphatic rings. The van der Waals surface area contributed by atoms with E-state index in [2.05, 4.69) is 0 Å². The van der Waals surface area contributed by atoms with Crippen LogP contribution in [0.5, 0.6) is 11.5 Å². The normalized spacial score (nSPS) is 10.2. The van der Waals surface area contributed by atoms with Crippen molar-refractivity contribution in [2.24, 2.45) is 0 Å². The second-order valence-electron chi connectivity index (χ2n) is 5.38. The lowest BCUT2D eigenvalue weighted by atomic mass is 10.1. The van der Waals surface area contributed by atoms with Gasteiger partial charge in [0.15, 0.2) is 5.78 Å². The molecule has 0 aliphatic heterocycles. The van der Waals surface area contributed by atoms with Gasteiger partial charge < -0.3 is 9.47 Å². The molecule has 0 radical (unpaired) electrons. The number of carbonyl (C=O) groups excluding carboxylic acids is 2. The number of nitro groups is 1. The van der Waals surface area contributed by atoms with E-state index in [1.807, 2.05) is 0 Å². The highest BCUT2D eigenvalue weighted by molar-refractivity contribution is 5.94. The van der Waals surface area contributed by atoms with Gasteiger partial charge >= 0.3 is 11.7 Å². The van der Waals surface area contributed by atoms with E-state index in [0.717, 1.165) is 18.2 Å². The molecule has 0 heterocycles. The van der Waals surface area contributed by atoms with Crippen LogP contribution in [0.3, 0.4) is 0 Å². The largest absolute Gasteiger partial charge is 0.494 e. The van der Waals surface area contributed by atoms with Crippen LogP contribution in [0.25, 0.3) is 0 Å². The molecule has 0 aliphatic carbocycles. The smallest absolute Gasteiger partial charge is 0.311 e. The molecule has 0 bridgehead atoms. The summed E-state index contributed by atoms with van der Waals surface area (Å²) in [6.45, 7) is 1.67. The highest BCUT2D eigenvalue weighted by Gasteiger charge is 2.18. The zero-order valence-electron chi connectivity index (χ0n) is 13.9. The van der Waals surface area contributed by atoms with E-state index in [-0.39, 0.29) is 18.8 Å². The van der Waals surface area contributed by atoms with Gasteiger partial charge in [0.2, 0.25) is 5.75 Å². The molecule has 0 spiro atoms. The minimum absolute atomic E-state index is 0.0502. The quantitative estimate of drug-likeness (QED) is 0.178. The van der Waals surface area contributed by atoms with Gasteiger partial charge in [-0.05, 0) is 43.7 Å². The number of esters is 1. The highest BCUT2D eigenvalue weighted by atomic mass is 19.1. The molecule has 2 rings (SSSR count). The Hall–Kier alpha value is -3.29. The maximum absolute atomic E-state index is 13.2. The topological polar surface area (TPSA) is 95.7 Å². The first-order valence-corrected chi connectivity index (χ1v) is 7.75. The molecule has 0 amide bonds. The number of hydrogen-bond donors (Lipinski definition) is 0. The summed E-state index contributed by atoms with van der Waals surface area (Å²) in [5.41, 5.74) is 0.0826. The first-order chi connectivity index (χ1) is 12.4. The molecular weight excluding hydrogens is 345 g/mol. The van der Waals surface area contributed by atoms with Crippen molar-refractivity contribution >= 4 is 17.4 Å². The summed E-state index contributed by atoms with van der Waals surface area (Å²) in [5.74, 6) is -1.40. The third kappa shape index (κ3) is 5.37. The van der Waals surface area contributed by atoms with Crippen molar-refractivity contribution in [2.45, 2.75) is 19.8 Å². The Balaban J connectivity index is 1.81. The van der Waals surface area contributed by atoms with Crippen LogP contribution in [-0.4, -0.2) is 23.3 Å². The Morgan fingerprint density at radius 3 is 2.46 bits per heavy atom. The molecular formula is C18H16FNO6. The molecule has 8 heteroatoms. The van der Waals surface area contributed by atoms with Gasteiger partial charge in [-0.1, -0.05) is 0 Å². The number of hydrogen-bond acceptors (Lipinski definition) is 6. The lowest BCUT2D eigenvalue weighted by Gasteiger charge is -2.07. The van der Waals surface area contributed by atoms with Crippen molar-refractivity contribution in [3.8, 4) is 11.5 Å². The minimum Gasteiger partial charge on any atom is -0.494 e. The maximum atomic E-state index is 13.2. The summed E-state index contributed by atoms with van der Waals surface area (Å²) in [7, 11) is 0. The third-order valence-corrected chi connectivity index (χ3v) is 3.40. The lowest BCUT2D eigenvalue weighted by molar-refractivity contribution is -0.385. The van der Waals surface area contributed by atoms with Crippen LogP contribution in [0.1, 0.15) is 30.1 Å². The van der Waals surface area contributed by atoms with E-state index in [1.54, 1.807) is 24.3 Å². The van der Waals surface area contributed by atoms with Gasteiger partial charge in [-0.25, -0.2) is 4.39 Å². The molecule has 0 saturated heterocycles. The molecule has 0 fully saturated rings. The Morgan fingerprint density at radius 1 is 1.15 bits per heavy atom. The van der Waals surface area contributed by atoms with Crippen molar-refractivity contribution in [1.82, 2.24) is 0 Å². The fourth-order valence-corrected chi connectivity index (χ4v) is 2.09. The number of ketones is 1. The molecule has 0 unspecified atom stereocenters. The van der Waals surface area contributed by atoms with Crippen molar-refractivity contribution in [3.05, 3.63) is 64.0 Å². The highest BCUT2D eigenvalue weighted by Crippen LogP contribution is 2.27. The molecule has 2 aromatic rings. The average molecular weight is 361 g/mol. The van der Waals surface area contributed by atoms with E-state index < -0.39 is 28.1 Å². The van der Waals surface area contributed by atoms with Crippen LogP contribution in [0.4, 0.5) is 10.1 Å². The fraction of sp³-hybridized carbons (Fsp3) is 0.222. The van der Waals surface area contributed by atoms with Crippen molar-refractivity contribution in [1.29, 1.82) is 0 Å². The van der Waals surface area contributed by atoms with Gasteiger partial charge in [-0.15, -0.1) is 0 Å². The monoisotopic (exact) mass is 361 g/mol. The molecule has 0 saturated carbocycles. The maximum Gasteiger partial charge on any atom is 0.311 e. The first-order valence-electron chi connectivity index (χ1n) is 7.75. The summed E-state index contributed by atoms with van der Waals surface area (Å²) in [6, 6.07) is 9.20. The van der Waals surface area contributed by atoms with Gasteiger partial charge in [-0.3, -0.25) is 19.7 Å². The molecule has 2 aromatic carbocycles. The summed E-state index contributed by atoms with van der Waals surface area (Å²) in [4.78, 5) is 33.0. The first kappa shape index (κ1) is 19.0. The number of ether oxygens (including phenoxy) is 2. The predicted molar refractivity (Wildman–Crippen MR) is 89.9 cm³/mol. The number of carbonyl (C=O) groups is 2. The molecule has 0 atom stereocenters. The second kappa shape index (κ2) is 8.70. The molecule has 26 heavy (non-hydrogen) atoms. The van der Waals surface area contributed by atoms with Crippen molar-refractivity contribution in [3.63, 3.8) is 0 Å². The third-order valence-electron chi connectivity index (χ3n) is 3.40. The summed E-state index contributed by atoms with van der Waals surface area (Å²) < 4.78 is 23.5. The standard InChI is InChI=1S/C18H16FNO6/c1-12(21)13-4-7-15(8-5-13)25-10-2-3-18(22)26-17-11-14(19)6-9-16(17)20(23)24/h4-9,11H,2-3,10H2,1H3. The fourth-order valence-electron chi connectivity index (χ4n) is 2.09. The number of benzene rings is 2.